The van der Waals surface area contributed by atoms with Crippen LogP contribution in [0.3, 0.4) is 0 Å². The molecule has 0 aromatic carbocycles. The van der Waals surface area contributed by atoms with Gasteiger partial charge >= 0.3 is 0 Å². The molecule has 1 aliphatic heterocycles. The smallest absolute Gasteiger partial charge is 0.0522 e. The number of aromatic amines is 2. The van der Waals surface area contributed by atoms with Crippen LogP contribution in [0.15, 0.2) is 18.5 Å². The van der Waals surface area contributed by atoms with Crippen molar-refractivity contribution >= 4 is 0 Å². The first-order chi connectivity index (χ1) is 9.36. The lowest BCUT2D eigenvalue weighted by Crippen LogP contribution is -2.32. The average Bonchev–Trinajstić information content (AvgIpc) is 3.10. The number of nitrogens with zero attached hydrogens (tertiary/aromatic N) is 3. The zero-order valence-electron chi connectivity index (χ0n) is 11.4. The van der Waals surface area contributed by atoms with Gasteiger partial charge in [-0.1, -0.05) is 6.92 Å². The molecule has 1 fully saturated rings. The first kappa shape index (κ1) is 12.4. The summed E-state index contributed by atoms with van der Waals surface area (Å²) >= 11 is 0. The minimum absolute atomic E-state index is 0.649. The molecule has 0 spiro atoms. The topological polar surface area (TPSA) is 60.6 Å². The van der Waals surface area contributed by atoms with Gasteiger partial charge in [-0.2, -0.15) is 10.2 Å². The van der Waals surface area contributed by atoms with Crippen LogP contribution in [0.25, 0.3) is 0 Å². The monoisotopic (exact) mass is 259 g/mol. The Morgan fingerprint density at radius 3 is 2.79 bits per heavy atom. The van der Waals surface area contributed by atoms with Crippen LogP contribution in [0.4, 0.5) is 0 Å². The third kappa shape index (κ3) is 2.71. The van der Waals surface area contributed by atoms with E-state index in [1.807, 2.05) is 12.4 Å². The number of likely N-dealkylation sites (tertiary alicyclic amines) is 1. The standard InChI is InChI=1S/C14H21N5/c1-2-11-9-16-18-14(11)12-4-7-19(8-5-12)10-13-3-6-15-17-13/h3,6,9,12H,2,4-5,7-8,10H2,1H3,(H,15,17)(H,16,18). The van der Waals surface area contributed by atoms with Gasteiger partial charge in [0.25, 0.3) is 0 Å². The maximum absolute atomic E-state index is 4.20. The molecule has 2 aromatic rings. The summed E-state index contributed by atoms with van der Waals surface area (Å²) in [6.45, 7) is 5.47. The van der Waals surface area contributed by atoms with Gasteiger partial charge < -0.3 is 0 Å². The first-order valence-corrected chi connectivity index (χ1v) is 7.09. The number of rotatable bonds is 4. The fraction of sp³-hybridized carbons (Fsp3) is 0.571. The summed E-state index contributed by atoms with van der Waals surface area (Å²) < 4.78 is 0. The molecule has 0 bridgehead atoms. The van der Waals surface area contributed by atoms with Crippen molar-refractivity contribution in [3.63, 3.8) is 0 Å². The van der Waals surface area contributed by atoms with Crippen molar-refractivity contribution in [1.29, 1.82) is 0 Å². The van der Waals surface area contributed by atoms with Gasteiger partial charge in [-0.05, 0) is 44.0 Å². The van der Waals surface area contributed by atoms with Crippen molar-refractivity contribution in [2.24, 2.45) is 0 Å². The minimum Gasteiger partial charge on any atom is -0.297 e. The van der Waals surface area contributed by atoms with Gasteiger partial charge in [-0.3, -0.25) is 15.1 Å². The van der Waals surface area contributed by atoms with E-state index in [9.17, 15) is 0 Å². The molecular formula is C14H21N5. The SMILES string of the molecule is CCc1cn[nH]c1C1CCN(Cc2ccn[nH]2)CC1. The van der Waals surface area contributed by atoms with Gasteiger partial charge in [0.2, 0.25) is 0 Å². The molecule has 3 rings (SSSR count). The Morgan fingerprint density at radius 2 is 2.11 bits per heavy atom. The fourth-order valence-electron chi connectivity index (χ4n) is 2.95. The summed E-state index contributed by atoms with van der Waals surface area (Å²) in [7, 11) is 0. The van der Waals surface area contributed by atoms with Gasteiger partial charge in [-0.15, -0.1) is 0 Å². The average molecular weight is 259 g/mol. The summed E-state index contributed by atoms with van der Waals surface area (Å²) in [6.07, 6.45) is 7.29. The van der Waals surface area contributed by atoms with Crippen LogP contribution in [0.5, 0.6) is 0 Å². The Hall–Kier alpha value is -1.62. The number of hydrogen-bond donors (Lipinski definition) is 2. The Bertz CT molecular complexity index is 494. The normalized spacial score (nSPS) is 17.9. The Labute approximate surface area is 113 Å². The van der Waals surface area contributed by atoms with E-state index >= 15 is 0 Å². The molecule has 3 heterocycles. The molecule has 1 saturated heterocycles. The number of H-pyrrole nitrogens is 2. The third-order valence-corrected chi connectivity index (χ3v) is 4.08. The summed E-state index contributed by atoms with van der Waals surface area (Å²) in [5.74, 6) is 0.649. The van der Waals surface area contributed by atoms with E-state index in [2.05, 4.69) is 38.3 Å². The third-order valence-electron chi connectivity index (χ3n) is 4.08. The molecule has 0 unspecified atom stereocenters. The van der Waals surface area contributed by atoms with Crippen LogP contribution in [0, 0.1) is 0 Å². The number of piperidine rings is 1. The summed E-state index contributed by atoms with van der Waals surface area (Å²) in [4.78, 5) is 2.49. The number of aromatic nitrogens is 4. The van der Waals surface area contributed by atoms with Crippen LogP contribution >= 0.6 is 0 Å². The minimum atomic E-state index is 0.649. The predicted octanol–water partition coefficient (Wildman–Crippen LogP) is 2.07. The molecule has 102 valence electrons. The van der Waals surface area contributed by atoms with E-state index in [1.165, 1.54) is 29.8 Å². The van der Waals surface area contributed by atoms with Crippen molar-refractivity contribution in [1.82, 2.24) is 25.3 Å². The van der Waals surface area contributed by atoms with Gasteiger partial charge in [-0.25, -0.2) is 0 Å². The lowest BCUT2D eigenvalue weighted by atomic mass is 9.91. The van der Waals surface area contributed by atoms with Crippen LogP contribution in [0.2, 0.25) is 0 Å². The highest BCUT2D eigenvalue weighted by molar-refractivity contribution is 5.21. The second-order valence-electron chi connectivity index (χ2n) is 5.29. The highest BCUT2D eigenvalue weighted by Gasteiger charge is 2.23. The van der Waals surface area contributed by atoms with E-state index in [-0.39, 0.29) is 0 Å². The summed E-state index contributed by atoms with van der Waals surface area (Å²) in [5, 5.41) is 14.4. The Kier molecular flexibility index (Phi) is 3.64. The number of nitrogens with one attached hydrogen (secondary N) is 2. The molecule has 2 aromatic heterocycles. The molecule has 1 aliphatic rings. The lowest BCUT2D eigenvalue weighted by molar-refractivity contribution is 0.201. The summed E-state index contributed by atoms with van der Waals surface area (Å²) in [5.41, 5.74) is 3.95. The molecule has 0 atom stereocenters. The fourth-order valence-corrected chi connectivity index (χ4v) is 2.95. The van der Waals surface area contributed by atoms with E-state index in [0.717, 1.165) is 26.1 Å². The molecule has 5 nitrogen and oxygen atoms in total. The van der Waals surface area contributed by atoms with Gasteiger partial charge in [0.15, 0.2) is 0 Å². The van der Waals surface area contributed by atoms with Crippen LogP contribution in [-0.4, -0.2) is 38.4 Å². The zero-order valence-corrected chi connectivity index (χ0v) is 11.4. The molecule has 0 aliphatic carbocycles. The van der Waals surface area contributed by atoms with Crippen LogP contribution in [-0.2, 0) is 13.0 Å². The second kappa shape index (κ2) is 5.57. The van der Waals surface area contributed by atoms with Crippen molar-refractivity contribution in [3.05, 3.63) is 35.4 Å². The molecule has 0 saturated carbocycles. The Morgan fingerprint density at radius 1 is 1.26 bits per heavy atom. The maximum Gasteiger partial charge on any atom is 0.0522 e. The van der Waals surface area contributed by atoms with Crippen molar-refractivity contribution < 1.29 is 0 Å². The highest BCUT2D eigenvalue weighted by atomic mass is 15.2. The van der Waals surface area contributed by atoms with Crippen molar-refractivity contribution in [2.75, 3.05) is 13.1 Å². The van der Waals surface area contributed by atoms with Crippen LogP contribution in [0.1, 0.15) is 42.6 Å². The highest BCUT2D eigenvalue weighted by Crippen LogP contribution is 2.29. The lowest BCUT2D eigenvalue weighted by Gasteiger charge is -2.31. The van der Waals surface area contributed by atoms with E-state index < -0.39 is 0 Å². The van der Waals surface area contributed by atoms with Gasteiger partial charge in [0.05, 0.1) is 6.20 Å². The molecule has 0 radical (unpaired) electrons. The quantitative estimate of drug-likeness (QED) is 0.883. The predicted molar refractivity (Wildman–Crippen MR) is 73.8 cm³/mol. The second-order valence-corrected chi connectivity index (χ2v) is 5.29. The zero-order chi connectivity index (χ0) is 13.1. The van der Waals surface area contributed by atoms with Crippen LogP contribution < -0.4 is 0 Å². The largest absolute Gasteiger partial charge is 0.297 e. The molecule has 2 N–H and O–H groups in total. The maximum atomic E-state index is 4.20. The molecule has 5 heteroatoms. The molecule has 0 amide bonds. The van der Waals surface area contributed by atoms with Crippen molar-refractivity contribution in [2.45, 2.75) is 38.6 Å². The number of aryl methyl sites for hydroxylation is 1. The molecule has 19 heavy (non-hydrogen) atoms. The molecular weight excluding hydrogens is 238 g/mol. The first-order valence-electron chi connectivity index (χ1n) is 7.09. The van der Waals surface area contributed by atoms with E-state index in [1.54, 1.807) is 0 Å². The van der Waals surface area contributed by atoms with Gasteiger partial charge in [0, 0.05) is 30.0 Å². The summed E-state index contributed by atoms with van der Waals surface area (Å²) in [6, 6.07) is 2.05. The number of hydrogen-bond acceptors (Lipinski definition) is 3. The Balaban J connectivity index is 1.57. The van der Waals surface area contributed by atoms with E-state index in [4.69, 9.17) is 0 Å². The van der Waals surface area contributed by atoms with E-state index in [0.29, 0.717) is 5.92 Å². The van der Waals surface area contributed by atoms with Crippen molar-refractivity contribution in [3.8, 4) is 0 Å². The van der Waals surface area contributed by atoms with Gasteiger partial charge in [0.1, 0.15) is 0 Å².